The number of carbonyl (C=O) groups excluding carboxylic acids is 1. The average Bonchev–Trinajstić information content (AvgIpc) is 3.05. The summed E-state index contributed by atoms with van der Waals surface area (Å²) in [5.74, 6) is 2.81. The predicted molar refractivity (Wildman–Crippen MR) is 104 cm³/mol. The van der Waals surface area contributed by atoms with E-state index in [0.29, 0.717) is 31.5 Å². The van der Waals surface area contributed by atoms with Crippen LogP contribution in [-0.2, 0) is 30.7 Å². The highest BCUT2D eigenvalue weighted by Crippen LogP contribution is 2.26. The van der Waals surface area contributed by atoms with Gasteiger partial charge in [-0.1, -0.05) is 19.0 Å². The van der Waals surface area contributed by atoms with Crippen LogP contribution in [0.2, 0.25) is 0 Å². The number of aromatic nitrogens is 3. The second-order valence-corrected chi connectivity index (χ2v) is 7.62. The third-order valence-corrected chi connectivity index (χ3v) is 4.55. The van der Waals surface area contributed by atoms with Crippen molar-refractivity contribution in [3.05, 3.63) is 28.8 Å². The van der Waals surface area contributed by atoms with Gasteiger partial charge in [0.05, 0.1) is 24.5 Å². The largest absolute Gasteiger partial charge is 0.362 e. The quantitative estimate of drug-likeness (QED) is 0.832. The van der Waals surface area contributed by atoms with Gasteiger partial charge >= 0.3 is 0 Å². The molecule has 146 valence electrons. The second kappa shape index (κ2) is 7.94. The van der Waals surface area contributed by atoms with Crippen molar-refractivity contribution in [2.45, 2.75) is 46.7 Å². The number of rotatable bonds is 6. The molecule has 0 aliphatic carbocycles. The molecule has 0 fully saturated rings. The molecule has 8 heteroatoms. The molecule has 2 aromatic rings. The lowest BCUT2D eigenvalue weighted by Gasteiger charge is -2.29. The van der Waals surface area contributed by atoms with Crippen molar-refractivity contribution in [2.24, 2.45) is 5.92 Å². The Hall–Kier alpha value is -2.64. The number of anilines is 2. The van der Waals surface area contributed by atoms with E-state index in [0.717, 1.165) is 41.4 Å². The number of nitrogens with one attached hydrogen (secondary N) is 1. The molecule has 1 aliphatic rings. The van der Waals surface area contributed by atoms with E-state index in [9.17, 15) is 4.79 Å². The molecule has 0 aromatic carbocycles. The number of carbonyl (C=O) groups is 1. The molecule has 0 atom stereocenters. The molecule has 1 aliphatic heterocycles. The normalized spacial score (nSPS) is 13.6. The molecule has 3 rings (SSSR count). The van der Waals surface area contributed by atoms with Crippen LogP contribution in [0.25, 0.3) is 0 Å². The van der Waals surface area contributed by atoms with E-state index in [1.165, 1.54) is 0 Å². The van der Waals surface area contributed by atoms with E-state index < -0.39 is 0 Å². The fourth-order valence-corrected chi connectivity index (χ4v) is 3.16. The monoisotopic (exact) mass is 372 g/mol. The van der Waals surface area contributed by atoms with Gasteiger partial charge < -0.3 is 19.6 Å². The molecule has 0 spiro atoms. The zero-order valence-corrected chi connectivity index (χ0v) is 16.7. The van der Waals surface area contributed by atoms with E-state index in [1.807, 2.05) is 30.0 Å². The van der Waals surface area contributed by atoms with Crippen molar-refractivity contribution in [3.8, 4) is 0 Å². The Balaban J connectivity index is 1.80. The minimum atomic E-state index is 0.0690. The maximum absolute atomic E-state index is 11.7. The molecule has 3 heterocycles. The number of hydrogen-bond acceptors (Lipinski definition) is 7. The van der Waals surface area contributed by atoms with Crippen LogP contribution < -0.4 is 10.2 Å². The summed E-state index contributed by atoms with van der Waals surface area (Å²) in [4.78, 5) is 24.7. The Morgan fingerprint density at radius 1 is 1.37 bits per heavy atom. The first-order valence-electron chi connectivity index (χ1n) is 9.34. The van der Waals surface area contributed by atoms with Crippen molar-refractivity contribution in [1.82, 2.24) is 20.0 Å². The Bertz CT molecular complexity index is 815. The number of hydrogen-bond donors (Lipinski definition) is 1. The van der Waals surface area contributed by atoms with Crippen molar-refractivity contribution >= 4 is 17.7 Å². The Kier molecular flexibility index (Phi) is 5.62. The molecule has 0 saturated carbocycles. The van der Waals surface area contributed by atoms with E-state index >= 15 is 0 Å². The van der Waals surface area contributed by atoms with E-state index in [-0.39, 0.29) is 5.91 Å². The standard InChI is InChI=1S/C19H28N6O2/c1-12(2)8-14-9-15(27-23-14)10-20-18-16-6-7-25(13(3)26)11-17(16)21-19(22-18)24(4)5/h9,12H,6-8,10-11H2,1-5H3,(H,20,21,22). The summed E-state index contributed by atoms with van der Waals surface area (Å²) in [5.41, 5.74) is 2.94. The van der Waals surface area contributed by atoms with Crippen LogP contribution >= 0.6 is 0 Å². The Morgan fingerprint density at radius 3 is 2.81 bits per heavy atom. The van der Waals surface area contributed by atoms with Crippen LogP contribution in [0.1, 0.15) is 43.5 Å². The van der Waals surface area contributed by atoms with Gasteiger partial charge in [-0.15, -0.1) is 0 Å². The fourth-order valence-electron chi connectivity index (χ4n) is 3.16. The summed E-state index contributed by atoms with van der Waals surface area (Å²) in [6, 6.07) is 1.99. The first-order valence-corrected chi connectivity index (χ1v) is 9.34. The van der Waals surface area contributed by atoms with Crippen molar-refractivity contribution < 1.29 is 9.32 Å². The topological polar surface area (TPSA) is 87.4 Å². The summed E-state index contributed by atoms with van der Waals surface area (Å²) in [6.07, 6.45) is 1.64. The minimum Gasteiger partial charge on any atom is -0.362 e. The maximum atomic E-state index is 11.7. The number of nitrogens with zero attached hydrogens (tertiary/aromatic N) is 5. The summed E-state index contributed by atoms with van der Waals surface area (Å²) in [5, 5.41) is 7.51. The van der Waals surface area contributed by atoms with Crippen LogP contribution in [0.15, 0.2) is 10.6 Å². The fraction of sp³-hybridized carbons (Fsp3) is 0.579. The molecule has 0 radical (unpaired) electrons. The molecule has 2 aromatic heterocycles. The van der Waals surface area contributed by atoms with Gasteiger partial charge in [-0.25, -0.2) is 4.98 Å². The summed E-state index contributed by atoms with van der Waals surface area (Å²) < 4.78 is 5.44. The molecular formula is C19H28N6O2. The van der Waals surface area contributed by atoms with E-state index in [2.05, 4.69) is 34.3 Å². The third-order valence-electron chi connectivity index (χ3n) is 4.55. The predicted octanol–water partition coefficient (Wildman–Crippen LogP) is 2.25. The zero-order chi connectivity index (χ0) is 19.6. The van der Waals surface area contributed by atoms with Gasteiger partial charge in [0, 0.05) is 39.2 Å². The lowest BCUT2D eigenvalue weighted by molar-refractivity contribution is -0.129. The minimum absolute atomic E-state index is 0.0690. The summed E-state index contributed by atoms with van der Waals surface area (Å²) >= 11 is 0. The van der Waals surface area contributed by atoms with Gasteiger partial charge in [-0.05, 0) is 18.8 Å². The van der Waals surface area contributed by atoms with Crippen LogP contribution in [-0.4, -0.2) is 46.6 Å². The van der Waals surface area contributed by atoms with Crippen molar-refractivity contribution in [1.29, 1.82) is 0 Å². The molecule has 1 amide bonds. The van der Waals surface area contributed by atoms with Crippen LogP contribution in [0.3, 0.4) is 0 Å². The molecule has 0 bridgehead atoms. The lowest BCUT2D eigenvalue weighted by Crippen LogP contribution is -2.35. The highest BCUT2D eigenvalue weighted by atomic mass is 16.5. The summed E-state index contributed by atoms with van der Waals surface area (Å²) in [6.45, 7) is 7.63. The van der Waals surface area contributed by atoms with Crippen LogP contribution in [0.4, 0.5) is 11.8 Å². The Labute approximate surface area is 159 Å². The smallest absolute Gasteiger partial charge is 0.227 e. The Morgan fingerprint density at radius 2 is 2.15 bits per heavy atom. The molecule has 27 heavy (non-hydrogen) atoms. The van der Waals surface area contributed by atoms with Crippen molar-refractivity contribution in [2.75, 3.05) is 30.9 Å². The number of fused-ring (bicyclic) bond motifs is 1. The molecule has 1 N–H and O–H groups in total. The first-order chi connectivity index (χ1) is 12.8. The molecule has 8 nitrogen and oxygen atoms in total. The van der Waals surface area contributed by atoms with Crippen LogP contribution in [0, 0.1) is 5.92 Å². The first kappa shape index (κ1) is 19.1. The highest BCUT2D eigenvalue weighted by molar-refractivity contribution is 5.73. The van der Waals surface area contributed by atoms with Crippen LogP contribution in [0.5, 0.6) is 0 Å². The van der Waals surface area contributed by atoms with Gasteiger partial charge in [-0.3, -0.25) is 4.79 Å². The average molecular weight is 372 g/mol. The van der Waals surface area contributed by atoms with E-state index in [4.69, 9.17) is 4.52 Å². The SMILES string of the molecule is CC(=O)N1CCc2c(nc(N(C)C)nc2NCc2cc(CC(C)C)no2)C1. The molecule has 0 unspecified atom stereocenters. The van der Waals surface area contributed by atoms with Gasteiger partial charge in [0.2, 0.25) is 11.9 Å². The van der Waals surface area contributed by atoms with E-state index in [1.54, 1.807) is 6.92 Å². The van der Waals surface area contributed by atoms with Gasteiger partial charge in [0.25, 0.3) is 0 Å². The molecule has 0 saturated heterocycles. The van der Waals surface area contributed by atoms with Gasteiger partial charge in [0.15, 0.2) is 5.76 Å². The third kappa shape index (κ3) is 4.56. The lowest BCUT2D eigenvalue weighted by atomic mass is 10.1. The van der Waals surface area contributed by atoms with Gasteiger partial charge in [-0.2, -0.15) is 4.98 Å². The molecular weight excluding hydrogens is 344 g/mol. The van der Waals surface area contributed by atoms with Gasteiger partial charge in [0.1, 0.15) is 5.82 Å². The maximum Gasteiger partial charge on any atom is 0.227 e. The second-order valence-electron chi connectivity index (χ2n) is 7.62. The number of amides is 1. The van der Waals surface area contributed by atoms with Crippen molar-refractivity contribution in [3.63, 3.8) is 0 Å². The highest BCUT2D eigenvalue weighted by Gasteiger charge is 2.24. The zero-order valence-electron chi connectivity index (χ0n) is 16.7. The summed E-state index contributed by atoms with van der Waals surface area (Å²) in [7, 11) is 3.82.